The number of benzene rings is 5. The summed E-state index contributed by atoms with van der Waals surface area (Å²) in [6.45, 7) is 0. The molecule has 5 rings (SSSR count). The Hall–Kier alpha value is -4.69. The molecule has 35 heavy (non-hydrogen) atoms. The fourth-order valence-electron chi connectivity index (χ4n) is 4.06. The third-order valence-corrected chi connectivity index (χ3v) is 5.88. The second kappa shape index (κ2) is 10.5. The molecule has 0 heterocycles. The molecule has 5 aromatic carbocycles. The molecule has 0 aliphatic heterocycles. The van der Waals surface area contributed by atoms with Crippen molar-refractivity contribution in [2.75, 3.05) is 4.90 Å². The monoisotopic (exact) mass is 451 g/mol. The lowest BCUT2D eigenvalue weighted by Crippen LogP contribution is -2.09. The smallest absolute Gasteiger partial charge is 0.185 e. The third kappa shape index (κ3) is 5.29. The molecule has 0 saturated heterocycles. The van der Waals surface area contributed by atoms with Gasteiger partial charge in [-0.15, -0.1) is 0 Å². The summed E-state index contributed by atoms with van der Waals surface area (Å²) in [5.41, 5.74) is 7.14. The Balaban J connectivity index is 1.33. The van der Waals surface area contributed by atoms with E-state index >= 15 is 0 Å². The van der Waals surface area contributed by atoms with Crippen LogP contribution >= 0.6 is 0 Å². The molecule has 0 atom stereocenters. The van der Waals surface area contributed by atoms with Gasteiger partial charge in [-0.25, -0.2) is 0 Å². The van der Waals surface area contributed by atoms with Crippen LogP contribution in [0, 0.1) is 0 Å². The van der Waals surface area contributed by atoms with Crippen LogP contribution in [0.3, 0.4) is 0 Å². The van der Waals surface area contributed by atoms with Crippen LogP contribution in [0.1, 0.15) is 15.9 Å². The Kier molecular flexibility index (Phi) is 6.63. The Morgan fingerprint density at radius 1 is 0.486 bits per heavy atom. The predicted octanol–water partition coefficient (Wildman–Crippen LogP) is 8.72. The van der Waals surface area contributed by atoms with Gasteiger partial charge in [0.15, 0.2) is 5.78 Å². The highest BCUT2D eigenvalue weighted by molar-refractivity contribution is 6.07. The molecule has 0 radical (unpaired) electrons. The molecular weight excluding hydrogens is 426 g/mol. The fourth-order valence-corrected chi connectivity index (χ4v) is 4.06. The lowest BCUT2D eigenvalue weighted by Gasteiger charge is -2.25. The first kappa shape index (κ1) is 22.1. The van der Waals surface area contributed by atoms with Crippen LogP contribution < -0.4 is 4.90 Å². The van der Waals surface area contributed by atoms with Gasteiger partial charge in [0.2, 0.25) is 0 Å². The minimum atomic E-state index is -0.0103. The number of nitrogens with zero attached hydrogens (tertiary/aromatic N) is 1. The number of allylic oxidation sites excluding steroid dienone is 1. The summed E-state index contributed by atoms with van der Waals surface area (Å²) in [6.07, 6.45) is 3.51. The Labute approximate surface area is 206 Å². The average Bonchev–Trinajstić information content (AvgIpc) is 2.94. The molecule has 0 unspecified atom stereocenters. The van der Waals surface area contributed by atoms with E-state index in [2.05, 4.69) is 53.4 Å². The van der Waals surface area contributed by atoms with Crippen molar-refractivity contribution in [1.82, 2.24) is 0 Å². The Morgan fingerprint density at radius 3 is 1.49 bits per heavy atom. The lowest BCUT2D eigenvalue weighted by molar-refractivity contribution is 0.104. The number of ketones is 1. The van der Waals surface area contributed by atoms with Crippen molar-refractivity contribution >= 4 is 28.9 Å². The van der Waals surface area contributed by atoms with Crippen LogP contribution in [0.25, 0.3) is 17.2 Å². The van der Waals surface area contributed by atoms with Gasteiger partial charge < -0.3 is 4.90 Å². The molecule has 168 valence electrons. The maximum Gasteiger partial charge on any atom is 0.185 e. The summed E-state index contributed by atoms with van der Waals surface area (Å²) >= 11 is 0. The van der Waals surface area contributed by atoms with Crippen LogP contribution in [0.5, 0.6) is 0 Å². The summed E-state index contributed by atoms with van der Waals surface area (Å²) in [6, 6.07) is 46.8. The topological polar surface area (TPSA) is 20.3 Å². The van der Waals surface area contributed by atoms with Gasteiger partial charge in [0.05, 0.1) is 0 Å². The molecular formula is C33H25NO. The van der Waals surface area contributed by atoms with Crippen molar-refractivity contribution in [3.63, 3.8) is 0 Å². The van der Waals surface area contributed by atoms with E-state index in [1.165, 1.54) is 0 Å². The maximum atomic E-state index is 12.7. The van der Waals surface area contributed by atoms with Crippen molar-refractivity contribution in [2.45, 2.75) is 0 Å². The van der Waals surface area contributed by atoms with E-state index in [0.29, 0.717) is 5.56 Å². The quantitative estimate of drug-likeness (QED) is 0.182. The first-order valence-electron chi connectivity index (χ1n) is 11.7. The summed E-state index contributed by atoms with van der Waals surface area (Å²) < 4.78 is 0. The van der Waals surface area contributed by atoms with Gasteiger partial charge in [-0.05, 0) is 59.2 Å². The minimum absolute atomic E-state index is 0.0103. The van der Waals surface area contributed by atoms with Crippen molar-refractivity contribution in [3.05, 3.63) is 157 Å². The molecule has 2 nitrogen and oxygen atoms in total. The van der Waals surface area contributed by atoms with E-state index in [1.54, 1.807) is 6.08 Å². The standard InChI is InChI=1S/C33H25NO/c35-33(29-21-19-28(20-22-29)27-10-4-1-5-11-27)25-18-26-16-23-32(24-17-26)34(30-12-6-2-7-13-30)31-14-8-3-9-15-31/h1-25H. The number of carbonyl (C=O) groups is 1. The zero-order valence-electron chi connectivity index (χ0n) is 19.3. The van der Waals surface area contributed by atoms with Gasteiger partial charge >= 0.3 is 0 Å². The first-order valence-corrected chi connectivity index (χ1v) is 11.7. The Bertz CT molecular complexity index is 1370. The van der Waals surface area contributed by atoms with Crippen molar-refractivity contribution in [1.29, 1.82) is 0 Å². The highest BCUT2D eigenvalue weighted by Gasteiger charge is 2.11. The highest BCUT2D eigenvalue weighted by atomic mass is 16.1. The molecule has 2 heteroatoms. The van der Waals surface area contributed by atoms with E-state index in [1.807, 2.05) is 97.1 Å². The molecule has 0 aliphatic rings. The van der Waals surface area contributed by atoms with Gasteiger partial charge in [-0.3, -0.25) is 4.79 Å². The fraction of sp³-hybridized carbons (Fsp3) is 0. The van der Waals surface area contributed by atoms with Crippen LogP contribution in [0.2, 0.25) is 0 Å². The highest BCUT2D eigenvalue weighted by Crippen LogP contribution is 2.34. The molecule has 0 N–H and O–H groups in total. The van der Waals surface area contributed by atoms with E-state index in [0.717, 1.165) is 33.8 Å². The molecule has 0 bridgehead atoms. The number of hydrogen-bond acceptors (Lipinski definition) is 2. The van der Waals surface area contributed by atoms with Gasteiger partial charge in [0.25, 0.3) is 0 Å². The largest absolute Gasteiger partial charge is 0.311 e. The molecule has 5 aromatic rings. The SMILES string of the molecule is O=C(C=Cc1ccc(N(c2ccccc2)c2ccccc2)cc1)c1ccc(-c2ccccc2)cc1. The van der Waals surface area contributed by atoms with Crippen molar-refractivity contribution < 1.29 is 4.79 Å². The van der Waals surface area contributed by atoms with Crippen molar-refractivity contribution in [2.24, 2.45) is 0 Å². The first-order chi connectivity index (χ1) is 17.3. The normalized spacial score (nSPS) is 10.9. The molecule has 0 aliphatic carbocycles. The van der Waals surface area contributed by atoms with E-state index in [9.17, 15) is 4.79 Å². The minimum Gasteiger partial charge on any atom is -0.311 e. The van der Waals surface area contributed by atoms with E-state index in [4.69, 9.17) is 0 Å². The van der Waals surface area contributed by atoms with Crippen LogP contribution in [-0.2, 0) is 0 Å². The number of rotatable bonds is 7. The summed E-state index contributed by atoms with van der Waals surface area (Å²) in [5.74, 6) is -0.0103. The molecule has 0 amide bonds. The number of carbonyl (C=O) groups excluding carboxylic acids is 1. The lowest BCUT2D eigenvalue weighted by atomic mass is 10.0. The predicted molar refractivity (Wildman–Crippen MR) is 146 cm³/mol. The maximum absolute atomic E-state index is 12.7. The third-order valence-electron chi connectivity index (χ3n) is 5.88. The van der Waals surface area contributed by atoms with Crippen LogP contribution in [0.15, 0.2) is 146 Å². The summed E-state index contributed by atoms with van der Waals surface area (Å²) in [5, 5.41) is 0. The molecule has 0 saturated carbocycles. The summed E-state index contributed by atoms with van der Waals surface area (Å²) in [4.78, 5) is 14.9. The molecule has 0 spiro atoms. The number of para-hydroxylation sites is 2. The van der Waals surface area contributed by atoms with Gasteiger partial charge in [0, 0.05) is 22.6 Å². The number of hydrogen-bond donors (Lipinski definition) is 0. The zero-order valence-corrected chi connectivity index (χ0v) is 19.3. The Morgan fingerprint density at radius 2 is 0.943 bits per heavy atom. The van der Waals surface area contributed by atoms with Gasteiger partial charge in [-0.2, -0.15) is 0 Å². The van der Waals surface area contributed by atoms with E-state index < -0.39 is 0 Å². The summed E-state index contributed by atoms with van der Waals surface area (Å²) in [7, 11) is 0. The second-order valence-electron chi connectivity index (χ2n) is 8.24. The van der Waals surface area contributed by atoms with Crippen LogP contribution in [0.4, 0.5) is 17.1 Å². The van der Waals surface area contributed by atoms with Crippen molar-refractivity contribution in [3.8, 4) is 11.1 Å². The average molecular weight is 452 g/mol. The van der Waals surface area contributed by atoms with E-state index in [-0.39, 0.29) is 5.78 Å². The van der Waals surface area contributed by atoms with Gasteiger partial charge in [-0.1, -0.05) is 109 Å². The van der Waals surface area contributed by atoms with Gasteiger partial charge in [0.1, 0.15) is 0 Å². The number of anilines is 3. The molecule has 0 fully saturated rings. The van der Waals surface area contributed by atoms with Crippen LogP contribution in [-0.4, -0.2) is 5.78 Å². The second-order valence-corrected chi connectivity index (χ2v) is 8.24. The molecule has 0 aromatic heterocycles. The zero-order chi connectivity index (χ0) is 23.9.